The third-order valence-electron chi connectivity index (χ3n) is 5.22. The molecular weight excluding hydrogens is 416 g/mol. The fourth-order valence-corrected chi connectivity index (χ4v) is 3.67. The third-order valence-corrected chi connectivity index (χ3v) is 5.22. The highest BCUT2D eigenvalue weighted by Crippen LogP contribution is 2.30. The summed E-state index contributed by atoms with van der Waals surface area (Å²) in [4.78, 5) is 10.7. The Morgan fingerprint density at radius 2 is 1.88 bits per heavy atom. The zero-order chi connectivity index (χ0) is 22.1. The molecule has 32 heavy (non-hydrogen) atoms. The van der Waals surface area contributed by atoms with Crippen molar-refractivity contribution < 1.29 is 13.5 Å². The lowest BCUT2D eigenvalue weighted by molar-refractivity contribution is 0.122. The maximum Gasteiger partial charge on any atom is 0.168 e. The van der Waals surface area contributed by atoms with Crippen molar-refractivity contribution in [1.82, 2.24) is 20.2 Å². The van der Waals surface area contributed by atoms with Crippen LogP contribution in [0.3, 0.4) is 0 Å². The molecule has 1 aliphatic heterocycles. The van der Waals surface area contributed by atoms with Crippen molar-refractivity contribution in [2.75, 3.05) is 36.5 Å². The van der Waals surface area contributed by atoms with E-state index in [1.54, 1.807) is 6.07 Å². The van der Waals surface area contributed by atoms with E-state index in [1.807, 2.05) is 12.1 Å². The number of hydrogen-bond donors (Lipinski definition) is 2. The molecule has 0 saturated carbocycles. The van der Waals surface area contributed by atoms with E-state index < -0.39 is 11.6 Å². The van der Waals surface area contributed by atoms with Gasteiger partial charge in [-0.15, -0.1) is 0 Å². The van der Waals surface area contributed by atoms with Crippen molar-refractivity contribution in [1.29, 1.82) is 5.26 Å². The number of nitrogens with zero attached hydrogens (tertiary/aromatic N) is 5. The van der Waals surface area contributed by atoms with E-state index in [4.69, 9.17) is 4.74 Å². The summed E-state index contributed by atoms with van der Waals surface area (Å²) in [5.41, 5.74) is 2.45. The monoisotopic (exact) mass is 433 g/mol. The summed E-state index contributed by atoms with van der Waals surface area (Å²) in [7, 11) is 0. The molecule has 4 aromatic rings. The van der Waals surface area contributed by atoms with E-state index in [0.29, 0.717) is 48.6 Å². The fourth-order valence-electron chi connectivity index (χ4n) is 3.67. The largest absolute Gasteiger partial charge is 0.378 e. The maximum atomic E-state index is 14.3. The van der Waals surface area contributed by atoms with E-state index in [9.17, 15) is 14.0 Å². The van der Waals surface area contributed by atoms with Gasteiger partial charge >= 0.3 is 0 Å². The number of ether oxygens (including phenoxy) is 1. The van der Waals surface area contributed by atoms with Crippen LogP contribution >= 0.6 is 0 Å². The molecule has 0 atom stereocenters. The average Bonchev–Trinajstić information content (AvgIpc) is 3.29. The molecule has 2 aromatic carbocycles. The van der Waals surface area contributed by atoms with Crippen LogP contribution in [0.15, 0.2) is 42.6 Å². The average molecular weight is 433 g/mol. The van der Waals surface area contributed by atoms with Crippen LogP contribution in [0.2, 0.25) is 0 Å². The normalized spacial score (nSPS) is 13.8. The fraction of sp³-hybridized carbons (Fsp3) is 0.182. The third kappa shape index (κ3) is 3.59. The molecular formula is C22H17F2N7O. The SMILES string of the molecule is N#Cc1cc(Nc2nc(-c3c(F)cccc3F)nc3cn[nH]c23)ccc1N1CCOCC1. The summed E-state index contributed by atoms with van der Waals surface area (Å²) in [6.07, 6.45) is 1.45. The number of anilines is 3. The Labute approximate surface area is 181 Å². The number of aromatic amines is 1. The minimum absolute atomic E-state index is 0.109. The van der Waals surface area contributed by atoms with Gasteiger partial charge < -0.3 is 15.0 Å². The highest BCUT2D eigenvalue weighted by Gasteiger charge is 2.19. The Morgan fingerprint density at radius 1 is 1.09 bits per heavy atom. The first-order valence-electron chi connectivity index (χ1n) is 9.93. The van der Waals surface area contributed by atoms with Gasteiger partial charge in [-0.1, -0.05) is 6.07 Å². The second kappa shape index (κ2) is 8.20. The van der Waals surface area contributed by atoms with Crippen molar-refractivity contribution in [2.24, 2.45) is 0 Å². The van der Waals surface area contributed by atoms with Gasteiger partial charge in [0.1, 0.15) is 28.7 Å². The van der Waals surface area contributed by atoms with E-state index in [-0.39, 0.29) is 17.2 Å². The molecule has 0 bridgehead atoms. The van der Waals surface area contributed by atoms with Crippen molar-refractivity contribution in [2.45, 2.75) is 0 Å². The Balaban J connectivity index is 1.54. The van der Waals surface area contributed by atoms with E-state index >= 15 is 0 Å². The number of aromatic nitrogens is 4. The lowest BCUT2D eigenvalue weighted by Gasteiger charge is -2.29. The minimum atomic E-state index is -0.763. The summed E-state index contributed by atoms with van der Waals surface area (Å²) in [5.74, 6) is -1.35. The van der Waals surface area contributed by atoms with Gasteiger partial charge in [-0.3, -0.25) is 5.10 Å². The molecule has 1 saturated heterocycles. The van der Waals surface area contributed by atoms with Gasteiger partial charge in [0.05, 0.1) is 36.2 Å². The summed E-state index contributed by atoms with van der Waals surface area (Å²) < 4.78 is 34.0. The number of halogens is 2. The van der Waals surface area contributed by atoms with Crippen molar-refractivity contribution in [3.8, 4) is 17.5 Å². The van der Waals surface area contributed by atoms with Gasteiger partial charge in [0, 0.05) is 18.8 Å². The van der Waals surface area contributed by atoms with Gasteiger partial charge in [0.25, 0.3) is 0 Å². The van der Waals surface area contributed by atoms with Gasteiger partial charge in [-0.05, 0) is 30.3 Å². The molecule has 3 heterocycles. The predicted molar refractivity (Wildman–Crippen MR) is 115 cm³/mol. The minimum Gasteiger partial charge on any atom is -0.378 e. The van der Waals surface area contributed by atoms with Crippen LogP contribution in [0.1, 0.15) is 5.56 Å². The first kappa shape index (κ1) is 19.8. The maximum absolute atomic E-state index is 14.3. The molecule has 160 valence electrons. The number of nitrogens with one attached hydrogen (secondary N) is 2. The zero-order valence-electron chi connectivity index (χ0n) is 16.8. The quantitative estimate of drug-likeness (QED) is 0.505. The number of H-pyrrole nitrogens is 1. The highest BCUT2D eigenvalue weighted by atomic mass is 19.1. The van der Waals surface area contributed by atoms with Crippen LogP contribution in [0, 0.1) is 23.0 Å². The molecule has 8 nitrogen and oxygen atoms in total. The second-order valence-corrected chi connectivity index (χ2v) is 7.19. The smallest absolute Gasteiger partial charge is 0.168 e. The van der Waals surface area contributed by atoms with Crippen LogP contribution in [-0.2, 0) is 4.74 Å². The standard InChI is InChI=1S/C22H17F2N7O/c23-15-2-1-3-16(24)19(15)21-28-17-12-26-30-20(17)22(29-21)27-14-4-5-18(13(10-14)11-25)31-6-8-32-9-7-31/h1-5,10,12H,6-9H2,(H,26,30)(H,27,28,29). The molecule has 0 unspecified atom stereocenters. The number of benzene rings is 2. The van der Waals surface area contributed by atoms with Gasteiger partial charge in [0.2, 0.25) is 0 Å². The van der Waals surface area contributed by atoms with Crippen molar-refractivity contribution in [3.63, 3.8) is 0 Å². The highest BCUT2D eigenvalue weighted by molar-refractivity contribution is 5.89. The molecule has 2 N–H and O–H groups in total. The first-order valence-corrected chi connectivity index (χ1v) is 9.93. The number of morpholine rings is 1. The first-order chi connectivity index (χ1) is 15.6. The lowest BCUT2D eigenvalue weighted by Crippen LogP contribution is -2.36. The summed E-state index contributed by atoms with van der Waals surface area (Å²) in [5, 5.41) is 19.6. The molecule has 2 aromatic heterocycles. The topological polar surface area (TPSA) is 103 Å². The summed E-state index contributed by atoms with van der Waals surface area (Å²) in [6, 6.07) is 11.2. The number of nitriles is 1. The molecule has 5 rings (SSSR count). The van der Waals surface area contributed by atoms with Crippen molar-refractivity contribution in [3.05, 3.63) is 59.8 Å². The van der Waals surface area contributed by atoms with Crippen LogP contribution in [-0.4, -0.2) is 46.5 Å². The number of hydrogen-bond acceptors (Lipinski definition) is 7. The van der Waals surface area contributed by atoms with E-state index in [0.717, 1.165) is 17.8 Å². The molecule has 0 amide bonds. The van der Waals surface area contributed by atoms with Crippen LogP contribution in [0.4, 0.5) is 26.0 Å². The van der Waals surface area contributed by atoms with E-state index in [1.165, 1.54) is 12.3 Å². The molecule has 1 fully saturated rings. The lowest BCUT2D eigenvalue weighted by atomic mass is 10.1. The van der Waals surface area contributed by atoms with E-state index in [2.05, 4.69) is 36.5 Å². The molecule has 0 radical (unpaired) electrons. The van der Waals surface area contributed by atoms with Crippen LogP contribution in [0.5, 0.6) is 0 Å². The second-order valence-electron chi connectivity index (χ2n) is 7.19. The van der Waals surface area contributed by atoms with Gasteiger partial charge in [-0.25, -0.2) is 18.7 Å². The Kier molecular flexibility index (Phi) is 5.09. The Hall–Kier alpha value is -4.10. The van der Waals surface area contributed by atoms with Gasteiger partial charge in [-0.2, -0.15) is 10.4 Å². The van der Waals surface area contributed by atoms with Crippen molar-refractivity contribution >= 4 is 28.2 Å². The van der Waals surface area contributed by atoms with Crippen LogP contribution < -0.4 is 10.2 Å². The Bertz CT molecular complexity index is 1320. The zero-order valence-corrected chi connectivity index (χ0v) is 16.8. The van der Waals surface area contributed by atoms with Crippen LogP contribution in [0.25, 0.3) is 22.4 Å². The number of fused-ring (bicyclic) bond motifs is 1. The van der Waals surface area contributed by atoms with Gasteiger partial charge in [0.15, 0.2) is 11.6 Å². The molecule has 0 aliphatic carbocycles. The molecule has 0 spiro atoms. The molecule has 1 aliphatic rings. The number of rotatable bonds is 4. The summed E-state index contributed by atoms with van der Waals surface area (Å²) in [6.45, 7) is 2.64. The predicted octanol–water partition coefficient (Wildman–Crippen LogP) is 3.75. The molecule has 10 heteroatoms. The summed E-state index contributed by atoms with van der Waals surface area (Å²) >= 11 is 0. The Morgan fingerprint density at radius 3 is 2.62 bits per heavy atom.